The van der Waals surface area contributed by atoms with Crippen LogP contribution in [0.3, 0.4) is 0 Å². The molecule has 28 heavy (non-hydrogen) atoms. The molecule has 8 nitrogen and oxygen atoms in total. The topological polar surface area (TPSA) is 91.1 Å². The third kappa shape index (κ3) is 4.40. The molecule has 1 aliphatic heterocycles. The highest BCUT2D eigenvalue weighted by molar-refractivity contribution is 5.96. The van der Waals surface area contributed by atoms with E-state index in [-0.39, 0.29) is 17.9 Å². The number of esters is 1. The molecule has 1 fully saturated rings. The first-order valence-electron chi connectivity index (χ1n) is 8.91. The zero-order valence-corrected chi connectivity index (χ0v) is 15.8. The zero-order valence-electron chi connectivity index (χ0n) is 15.8. The lowest BCUT2D eigenvalue weighted by atomic mass is 10.1. The summed E-state index contributed by atoms with van der Waals surface area (Å²) >= 11 is 0. The molecule has 0 spiro atoms. The summed E-state index contributed by atoms with van der Waals surface area (Å²) in [6.45, 7) is 4.21. The Kier molecular flexibility index (Phi) is 6.10. The first-order chi connectivity index (χ1) is 13.5. The SMILES string of the molecule is COc1ccc(C)cc1COC(=O)c1cc([N+](=O)[O-])ccc1N1CCOCC1. The number of hydrogen-bond donors (Lipinski definition) is 0. The van der Waals surface area contributed by atoms with Crippen LogP contribution in [0.4, 0.5) is 11.4 Å². The quantitative estimate of drug-likeness (QED) is 0.428. The number of rotatable bonds is 6. The average Bonchev–Trinajstić information content (AvgIpc) is 2.72. The van der Waals surface area contributed by atoms with Crippen LogP contribution in [-0.2, 0) is 16.1 Å². The number of non-ortho nitro benzene ring substituents is 1. The van der Waals surface area contributed by atoms with Gasteiger partial charge in [0.1, 0.15) is 12.4 Å². The summed E-state index contributed by atoms with van der Waals surface area (Å²) in [6, 6.07) is 9.84. The van der Waals surface area contributed by atoms with Crippen molar-refractivity contribution < 1.29 is 23.9 Å². The Labute approximate surface area is 162 Å². The number of morpholine rings is 1. The Morgan fingerprint density at radius 2 is 1.96 bits per heavy atom. The number of carbonyl (C=O) groups excluding carboxylic acids is 1. The van der Waals surface area contributed by atoms with Crippen molar-refractivity contribution in [2.75, 3.05) is 38.3 Å². The molecule has 0 atom stereocenters. The molecule has 0 amide bonds. The number of aryl methyl sites for hydroxylation is 1. The molecule has 2 aromatic carbocycles. The van der Waals surface area contributed by atoms with E-state index in [0.29, 0.717) is 37.7 Å². The van der Waals surface area contributed by atoms with E-state index >= 15 is 0 Å². The minimum Gasteiger partial charge on any atom is -0.496 e. The monoisotopic (exact) mass is 386 g/mol. The van der Waals surface area contributed by atoms with Crippen molar-refractivity contribution in [1.82, 2.24) is 0 Å². The molecule has 0 saturated carbocycles. The molecule has 0 N–H and O–H groups in total. The number of nitro groups is 1. The van der Waals surface area contributed by atoms with Crippen LogP contribution in [0.5, 0.6) is 5.75 Å². The van der Waals surface area contributed by atoms with Gasteiger partial charge in [0.05, 0.1) is 36.5 Å². The maximum atomic E-state index is 12.8. The summed E-state index contributed by atoms with van der Waals surface area (Å²) in [5.41, 5.74) is 2.36. The summed E-state index contributed by atoms with van der Waals surface area (Å²) in [5, 5.41) is 11.2. The molecule has 0 unspecified atom stereocenters. The lowest BCUT2D eigenvalue weighted by Crippen LogP contribution is -2.37. The fraction of sp³-hybridized carbons (Fsp3) is 0.350. The van der Waals surface area contributed by atoms with Crippen LogP contribution in [0.15, 0.2) is 36.4 Å². The van der Waals surface area contributed by atoms with Crippen molar-refractivity contribution in [2.24, 2.45) is 0 Å². The fourth-order valence-corrected chi connectivity index (χ4v) is 3.12. The van der Waals surface area contributed by atoms with Crippen molar-refractivity contribution in [3.8, 4) is 5.75 Å². The summed E-state index contributed by atoms with van der Waals surface area (Å²) in [6.07, 6.45) is 0. The van der Waals surface area contributed by atoms with E-state index in [4.69, 9.17) is 14.2 Å². The van der Waals surface area contributed by atoms with Crippen molar-refractivity contribution in [2.45, 2.75) is 13.5 Å². The Morgan fingerprint density at radius 1 is 1.21 bits per heavy atom. The summed E-state index contributed by atoms with van der Waals surface area (Å²) in [7, 11) is 1.55. The van der Waals surface area contributed by atoms with E-state index in [2.05, 4.69) is 0 Å². The lowest BCUT2D eigenvalue weighted by Gasteiger charge is -2.30. The molecular formula is C20H22N2O6. The Balaban J connectivity index is 1.86. The van der Waals surface area contributed by atoms with Crippen molar-refractivity contribution in [3.63, 3.8) is 0 Å². The molecule has 0 radical (unpaired) electrons. The fourth-order valence-electron chi connectivity index (χ4n) is 3.12. The van der Waals surface area contributed by atoms with Gasteiger partial charge in [-0.1, -0.05) is 11.6 Å². The summed E-state index contributed by atoms with van der Waals surface area (Å²) in [5.74, 6) is -0.000374. The normalized spacial score (nSPS) is 13.9. The molecule has 0 aliphatic carbocycles. The highest BCUT2D eigenvalue weighted by Crippen LogP contribution is 2.28. The molecular weight excluding hydrogens is 364 g/mol. The minimum absolute atomic E-state index is 0.00886. The van der Waals surface area contributed by atoms with Gasteiger partial charge in [-0.05, 0) is 25.1 Å². The predicted octanol–water partition coefficient (Wildman–Crippen LogP) is 3.11. The van der Waals surface area contributed by atoms with Crippen LogP contribution < -0.4 is 9.64 Å². The number of hydrogen-bond acceptors (Lipinski definition) is 7. The number of benzene rings is 2. The maximum absolute atomic E-state index is 12.8. The smallest absolute Gasteiger partial charge is 0.340 e. The largest absolute Gasteiger partial charge is 0.496 e. The summed E-state index contributed by atoms with van der Waals surface area (Å²) < 4.78 is 16.1. The first-order valence-corrected chi connectivity index (χ1v) is 8.91. The Bertz CT molecular complexity index is 877. The number of methoxy groups -OCH3 is 1. The van der Waals surface area contributed by atoms with Gasteiger partial charge in [-0.3, -0.25) is 10.1 Å². The highest BCUT2D eigenvalue weighted by Gasteiger charge is 2.23. The Morgan fingerprint density at radius 3 is 2.64 bits per heavy atom. The van der Waals surface area contributed by atoms with Gasteiger partial charge in [-0.15, -0.1) is 0 Å². The number of anilines is 1. The van der Waals surface area contributed by atoms with Gasteiger partial charge in [0.2, 0.25) is 0 Å². The second-order valence-electron chi connectivity index (χ2n) is 6.45. The molecule has 0 aromatic heterocycles. The molecule has 2 aromatic rings. The van der Waals surface area contributed by atoms with E-state index in [0.717, 1.165) is 11.1 Å². The highest BCUT2D eigenvalue weighted by atomic mass is 16.6. The van der Waals surface area contributed by atoms with Crippen molar-refractivity contribution in [1.29, 1.82) is 0 Å². The third-order valence-corrected chi connectivity index (χ3v) is 4.56. The second-order valence-corrected chi connectivity index (χ2v) is 6.45. The zero-order chi connectivity index (χ0) is 20.1. The van der Waals surface area contributed by atoms with Crippen LogP contribution in [0.25, 0.3) is 0 Å². The van der Waals surface area contributed by atoms with E-state index in [9.17, 15) is 14.9 Å². The van der Waals surface area contributed by atoms with Gasteiger partial charge in [0.25, 0.3) is 5.69 Å². The van der Waals surface area contributed by atoms with E-state index in [1.807, 2.05) is 30.0 Å². The maximum Gasteiger partial charge on any atom is 0.340 e. The van der Waals surface area contributed by atoms with Crippen LogP contribution in [0, 0.1) is 17.0 Å². The van der Waals surface area contributed by atoms with Crippen LogP contribution >= 0.6 is 0 Å². The standard InChI is InChI=1S/C20H22N2O6/c1-14-3-6-19(26-2)15(11-14)13-28-20(23)17-12-16(22(24)25)4-5-18(17)21-7-9-27-10-8-21/h3-6,11-12H,7-10,13H2,1-2H3. The third-order valence-electron chi connectivity index (χ3n) is 4.56. The molecule has 1 saturated heterocycles. The lowest BCUT2D eigenvalue weighted by molar-refractivity contribution is -0.384. The van der Waals surface area contributed by atoms with Crippen LogP contribution in [0.2, 0.25) is 0 Å². The van der Waals surface area contributed by atoms with E-state index < -0.39 is 10.9 Å². The number of nitrogens with zero attached hydrogens (tertiary/aromatic N) is 2. The van der Waals surface area contributed by atoms with Gasteiger partial charge in [0.15, 0.2) is 0 Å². The number of carbonyl (C=O) groups is 1. The Hall–Kier alpha value is -3.13. The van der Waals surface area contributed by atoms with Crippen LogP contribution in [-0.4, -0.2) is 44.3 Å². The van der Waals surface area contributed by atoms with Crippen molar-refractivity contribution in [3.05, 3.63) is 63.2 Å². The molecule has 1 heterocycles. The second kappa shape index (κ2) is 8.71. The number of nitro benzene ring substituents is 1. The van der Waals surface area contributed by atoms with Gasteiger partial charge in [0, 0.05) is 30.8 Å². The molecule has 8 heteroatoms. The molecule has 1 aliphatic rings. The average molecular weight is 386 g/mol. The molecule has 0 bridgehead atoms. The molecule has 148 valence electrons. The minimum atomic E-state index is -0.617. The van der Waals surface area contributed by atoms with Crippen molar-refractivity contribution >= 4 is 17.3 Å². The van der Waals surface area contributed by atoms with Gasteiger partial charge in [-0.2, -0.15) is 0 Å². The van der Waals surface area contributed by atoms with Gasteiger partial charge < -0.3 is 19.1 Å². The van der Waals surface area contributed by atoms with Crippen LogP contribution in [0.1, 0.15) is 21.5 Å². The van der Waals surface area contributed by atoms with E-state index in [1.165, 1.54) is 12.1 Å². The van der Waals surface area contributed by atoms with Gasteiger partial charge in [-0.25, -0.2) is 4.79 Å². The summed E-state index contributed by atoms with van der Waals surface area (Å²) in [4.78, 5) is 25.4. The van der Waals surface area contributed by atoms with E-state index in [1.54, 1.807) is 13.2 Å². The first kappa shape index (κ1) is 19.6. The number of ether oxygens (including phenoxy) is 3. The van der Waals surface area contributed by atoms with Gasteiger partial charge >= 0.3 is 5.97 Å². The predicted molar refractivity (Wildman–Crippen MR) is 103 cm³/mol. The molecule has 3 rings (SSSR count).